The van der Waals surface area contributed by atoms with Crippen LogP contribution in [0, 0.1) is 13.8 Å². The molecule has 2 aromatic carbocycles. The lowest BCUT2D eigenvalue weighted by molar-refractivity contribution is -0.113. The minimum absolute atomic E-state index is 0.0427. The Hall–Kier alpha value is -2.84. The molecular weight excluding hydrogens is 440 g/mol. The molecule has 0 saturated carbocycles. The molecule has 1 fully saturated rings. The van der Waals surface area contributed by atoms with Gasteiger partial charge in [-0.05, 0) is 50.2 Å². The first-order valence-electron chi connectivity index (χ1n) is 10.5. The molecule has 1 N–H and O–H groups in total. The highest BCUT2D eigenvalue weighted by atomic mass is 32.2. The molecule has 1 aliphatic rings. The van der Waals surface area contributed by atoms with E-state index in [2.05, 4.69) is 15.2 Å². The normalized spacial score (nSPS) is 13.8. The summed E-state index contributed by atoms with van der Waals surface area (Å²) in [6.07, 6.45) is 0. The van der Waals surface area contributed by atoms with Crippen LogP contribution >= 0.6 is 23.1 Å². The number of amides is 2. The number of nitrogens with zero attached hydrogens (tertiary/aromatic N) is 3. The van der Waals surface area contributed by atoms with Crippen LogP contribution in [0.3, 0.4) is 0 Å². The molecule has 8 heteroatoms. The van der Waals surface area contributed by atoms with Crippen molar-refractivity contribution >= 4 is 46.3 Å². The summed E-state index contributed by atoms with van der Waals surface area (Å²) >= 11 is 3.01. The van der Waals surface area contributed by atoms with Gasteiger partial charge < -0.3 is 15.1 Å². The number of carbonyl (C=O) groups is 2. The molecule has 32 heavy (non-hydrogen) atoms. The maximum absolute atomic E-state index is 12.7. The molecule has 0 aliphatic carbocycles. The minimum atomic E-state index is -0.0427. The molecule has 0 unspecified atom stereocenters. The zero-order chi connectivity index (χ0) is 22.5. The Morgan fingerprint density at radius 2 is 1.69 bits per heavy atom. The van der Waals surface area contributed by atoms with Crippen molar-refractivity contribution in [2.75, 3.05) is 42.1 Å². The maximum Gasteiger partial charge on any atom is 0.253 e. The van der Waals surface area contributed by atoms with Gasteiger partial charge in [0, 0.05) is 54.2 Å². The van der Waals surface area contributed by atoms with Crippen molar-refractivity contribution in [2.45, 2.75) is 18.2 Å². The first-order chi connectivity index (χ1) is 15.5. The molecule has 2 heterocycles. The molecule has 0 radical (unpaired) electrons. The van der Waals surface area contributed by atoms with E-state index in [0.717, 1.165) is 45.6 Å². The van der Waals surface area contributed by atoms with E-state index in [1.807, 2.05) is 72.7 Å². The van der Waals surface area contributed by atoms with Crippen molar-refractivity contribution in [3.8, 4) is 0 Å². The number of anilines is 2. The lowest BCUT2D eigenvalue weighted by Crippen LogP contribution is -2.48. The van der Waals surface area contributed by atoms with E-state index in [9.17, 15) is 9.59 Å². The second-order valence-corrected chi connectivity index (χ2v) is 9.86. The van der Waals surface area contributed by atoms with Crippen LogP contribution in [0.15, 0.2) is 58.3 Å². The topological polar surface area (TPSA) is 65.5 Å². The lowest BCUT2D eigenvalue weighted by Gasteiger charge is -2.36. The lowest BCUT2D eigenvalue weighted by atomic mass is 10.1. The molecule has 1 aromatic heterocycles. The molecule has 2 amide bonds. The number of thioether (sulfide) groups is 1. The van der Waals surface area contributed by atoms with Gasteiger partial charge >= 0.3 is 0 Å². The van der Waals surface area contributed by atoms with Gasteiger partial charge in [-0.2, -0.15) is 0 Å². The quantitative estimate of drug-likeness (QED) is 0.544. The third kappa shape index (κ3) is 5.69. The van der Waals surface area contributed by atoms with Gasteiger partial charge in [-0.1, -0.05) is 29.5 Å². The van der Waals surface area contributed by atoms with Gasteiger partial charge in [0.15, 0.2) is 4.34 Å². The van der Waals surface area contributed by atoms with Crippen molar-refractivity contribution < 1.29 is 9.59 Å². The first-order valence-corrected chi connectivity index (χ1v) is 12.4. The Kier molecular flexibility index (Phi) is 7.12. The highest BCUT2D eigenvalue weighted by molar-refractivity contribution is 8.01. The first kappa shape index (κ1) is 22.4. The van der Waals surface area contributed by atoms with Gasteiger partial charge in [-0.15, -0.1) is 11.3 Å². The zero-order valence-corrected chi connectivity index (χ0v) is 19.8. The average Bonchev–Trinajstić information content (AvgIpc) is 3.23. The zero-order valence-electron chi connectivity index (χ0n) is 18.2. The van der Waals surface area contributed by atoms with Gasteiger partial charge in [0.25, 0.3) is 5.91 Å². The van der Waals surface area contributed by atoms with Crippen LogP contribution in [-0.4, -0.2) is 53.6 Å². The van der Waals surface area contributed by atoms with Crippen molar-refractivity contribution in [3.63, 3.8) is 0 Å². The number of nitrogens with one attached hydrogen (secondary N) is 1. The van der Waals surface area contributed by atoms with Crippen LogP contribution in [-0.2, 0) is 4.79 Å². The summed E-state index contributed by atoms with van der Waals surface area (Å²) in [5.41, 5.74) is 4.75. The van der Waals surface area contributed by atoms with Gasteiger partial charge in [0.2, 0.25) is 5.91 Å². The van der Waals surface area contributed by atoms with Gasteiger partial charge in [0.05, 0.1) is 5.75 Å². The second kappa shape index (κ2) is 10.2. The molecule has 0 spiro atoms. The summed E-state index contributed by atoms with van der Waals surface area (Å²) in [5.74, 6) is 0.387. The Balaban J connectivity index is 1.26. The Bertz CT molecular complexity index is 1070. The predicted molar refractivity (Wildman–Crippen MR) is 132 cm³/mol. The number of carbonyl (C=O) groups excluding carboxylic acids is 2. The van der Waals surface area contributed by atoms with Crippen molar-refractivity contribution in [3.05, 3.63) is 70.7 Å². The monoisotopic (exact) mass is 466 g/mol. The molecule has 166 valence electrons. The van der Waals surface area contributed by atoms with E-state index in [1.54, 1.807) is 11.3 Å². The number of hydrogen-bond donors (Lipinski definition) is 1. The van der Waals surface area contributed by atoms with Gasteiger partial charge in [-0.3, -0.25) is 9.59 Å². The van der Waals surface area contributed by atoms with Crippen molar-refractivity contribution in [1.29, 1.82) is 0 Å². The molecule has 0 atom stereocenters. The molecule has 1 aliphatic heterocycles. The van der Waals surface area contributed by atoms with Crippen molar-refractivity contribution in [2.24, 2.45) is 0 Å². The smallest absolute Gasteiger partial charge is 0.253 e. The summed E-state index contributed by atoms with van der Waals surface area (Å²) in [7, 11) is 0. The van der Waals surface area contributed by atoms with Crippen LogP contribution in [0.25, 0.3) is 0 Å². The molecular formula is C24H26N4O2S2. The van der Waals surface area contributed by atoms with Crippen LogP contribution in [0.5, 0.6) is 0 Å². The van der Waals surface area contributed by atoms with E-state index < -0.39 is 0 Å². The minimum Gasteiger partial charge on any atom is -0.368 e. The fourth-order valence-electron chi connectivity index (χ4n) is 3.53. The van der Waals surface area contributed by atoms with E-state index in [1.165, 1.54) is 11.8 Å². The Morgan fingerprint density at radius 1 is 1.00 bits per heavy atom. The average molecular weight is 467 g/mol. The number of rotatable bonds is 6. The number of hydrogen-bond acceptors (Lipinski definition) is 6. The highest BCUT2D eigenvalue weighted by Gasteiger charge is 2.22. The number of aromatic nitrogens is 1. The summed E-state index contributed by atoms with van der Waals surface area (Å²) in [6.45, 7) is 6.92. The number of piperazine rings is 1. The number of benzene rings is 2. The van der Waals surface area contributed by atoms with Crippen LogP contribution in [0.1, 0.15) is 21.6 Å². The number of thiazole rings is 1. The molecule has 6 nitrogen and oxygen atoms in total. The summed E-state index contributed by atoms with van der Waals surface area (Å²) in [6, 6.07) is 15.6. The second-order valence-electron chi connectivity index (χ2n) is 7.78. The molecule has 0 bridgehead atoms. The van der Waals surface area contributed by atoms with E-state index in [0.29, 0.717) is 18.8 Å². The fraction of sp³-hybridized carbons (Fsp3) is 0.292. The number of aryl methyl sites for hydroxylation is 2. The van der Waals surface area contributed by atoms with Crippen LogP contribution < -0.4 is 10.2 Å². The summed E-state index contributed by atoms with van der Waals surface area (Å²) in [4.78, 5) is 33.5. The predicted octanol–water partition coefficient (Wildman–Crippen LogP) is 4.45. The van der Waals surface area contributed by atoms with Gasteiger partial charge in [-0.25, -0.2) is 4.98 Å². The standard InChI is InChI=1S/C24H26N4O2S2/c1-17-3-5-19(6-4-17)23(30)28-13-11-27(12-14-28)21-9-7-20(8-10-21)26-22(29)16-32-24-25-18(2)15-31-24/h3-10,15H,11-14,16H2,1-2H3,(H,26,29). The third-order valence-corrected chi connectivity index (χ3v) is 7.45. The van der Waals surface area contributed by atoms with Crippen LogP contribution in [0.2, 0.25) is 0 Å². The van der Waals surface area contributed by atoms with Gasteiger partial charge in [0.1, 0.15) is 0 Å². The van der Waals surface area contributed by atoms with Crippen molar-refractivity contribution in [1.82, 2.24) is 9.88 Å². The Morgan fingerprint density at radius 3 is 2.31 bits per heavy atom. The van der Waals surface area contributed by atoms with E-state index in [4.69, 9.17) is 0 Å². The highest BCUT2D eigenvalue weighted by Crippen LogP contribution is 2.23. The fourth-order valence-corrected chi connectivity index (χ4v) is 5.17. The largest absolute Gasteiger partial charge is 0.368 e. The SMILES string of the molecule is Cc1ccc(C(=O)N2CCN(c3ccc(NC(=O)CSc4nc(C)cs4)cc3)CC2)cc1. The molecule has 1 saturated heterocycles. The Labute approximate surface area is 196 Å². The van der Waals surface area contributed by atoms with E-state index in [-0.39, 0.29) is 11.8 Å². The molecule has 4 rings (SSSR count). The summed E-state index contributed by atoms with van der Waals surface area (Å²) < 4.78 is 0.910. The maximum atomic E-state index is 12.7. The summed E-state index contributed by atoms with van der Waals surface area (Å²) in [5, 5.41) is 4.92. The van der Waals surface area contributed by atoms with Crippen LogP contribution in [0.4, 0.5) is 11.4 Å². The molecule has 3 aromatic rings. The van der Waals surface area contributed by atoms with E-state index >= 15 is 0 Å². The third-order valence-electron chi connectivity index (χ3n) is 5.31.